The van der Waals surface area contributed by atoms with Crippen molar-refractivity contribution in [2.75, 3.05) is 33.1 Å². The maximum atomic E-state index is 12.0. The Kier molecular flexibility index (Phi) is 5.54. The summed E-state index contributed by atoms with van der Waals surface area (Å²) in [6.45, 7) is 2.47. The Morgan fingerprint density at radius 1 is 1.36 bits per heavy atom. The molecule has 1 aromatic carbocycles. The molecule has 1 aliphatic rings. The van der Waals surface area contributed by atoms with Gasteiger partial charge in [-0.1, -0.05) is 6.07 Å². The average Bonchev–Trinajstić information content (AvgIpc) is 2.88. The maximum Gasteiger partial charge on any atom is 0.239 e. The molecule has 1 N–H and O–H groups in total. The van der Waals surface area contributed by atoms with Crippen LogP contribution < -0.4 is 14.8 Å². The van der Waals surface area contributed by atoms with Gasteiger partial charge in [0.15, 0.2) is 11.5 Å². The lowest BCUT2D eigenvalue weighted by atomic mass is 10.1. The molecule has 0 saturated carbocycles. The Labute approximate surface area is 134 Å². The van der Waals surface area contributed by atoms with Crippen LogP contribution >= 0.6 is 11.8 Å². The lowest BCUT2D eigenvalue weighted by Gasteiger charge is -2.24. The standard InChI is InChI=1S/C15H20N2O4S/c1-4-16-13(18)8-17-14(19)9-22-15(17)10-5-6-11(20-2)12(7-10)21-3/h5-7,15H,4,8-9H2,1-3H3,(H,16,18)/t15-/m1/s1. The quantitative estimate of drug-likeness (QED) is 0.857. The first-order valence-corrected chi connectivity index (χ1v) is 8.05. The number of carbonyl (C=O) groups is 2. The molecule has 2 rings (SSSR count). The average molecular weight is 324 g/mol. The molecule has 1 heterocycles. The number of hydrogen-bond donors (Lipinski definition) is 1. The number of methoxy groups -OCH3 is 2. The van der Waals surface area contributed by atoms with Crippen molar-refractivity contribution in [1.29, 1.82) is 0 Å². The molecule has 0 unspecified atom stereocenters. The van der Waals surface area contributed by atoms with Crippen molar-refractivity contribution in [1.82, 2.24) is 10.2 Å². The topological polar surface area (TPSA) is 67.9 Å². The van der Waals surface area contributed by atoms with E-state index in [0.29, 0.717) is 23.8 Å². The van der Waals surface area contributed by atoms with Gasteiger partial charge in [-0.2, -0.15) is 0 Å². The predicted octanol–water partition coefficient (Wildman–Crippen LogP) is 1.41. The summed E-state index contributed by atoms with van der Waals surface area (Å²) >= 11 is 1.50. The van der Waals surface area contributed by atoms with Gasteiger partial charge in [0, 0.05) is 6.54 Å². The van der Waals surface area contributed by atoms with Gasteiger partial charge in [0.25, 0.3) is 0 Å². The smallest absolute Gasteiger partial charge is 0.239 e. The number of likely N-dealkylation sites (N-methyl/N-ethyl adjacent to an activating group) is 1. The number of nitrogens with one attached hydrogen (secondary N) is 1. The van der Waals surface area contributed by atoms with Crippen molar-refractivity contribution in [3.63, 3.8) is 0 Å². The number of benzene rings is 1. The zero-order valence-corrected chi connectivity index (χ0v) is 13.7. The van der Waals surface area contributed by atoms with E-state index in [9.17, 15) is 9.59 Å². The van der Waals surface area contributed by atoms with E-state index in [0.717, 1.165) is 5.56 Å². The summed E-state index contributed by atoms with van der Waals surface area (Å²) in [4.78, 5) is 25.4. The van der Waals surface area contributed by atoms with Crippen LogP contribution in [0.2, 0.25) is 0 Å². The van der Waals surface area contributed by atoms with Crippen LogP contribution in [0.3, 0.4) is 0 Å². The van der Waals surface area contributed by atoms with E-state index >= 15 is 0 Å². The second-order valence-corrected chi connectivity index (χ2v) is 5.82. The fraction of sp³-hybridized carbons (Fsp3) is 0.467. The van der Waals surface area contributed by atoms with Crippen LogP contribution in [0.1, 0.15) is 17.9 Å². The van der Waals surface area contributed by atoms with Gasteiger partial charge in [-0.15, -0.1) is 11.8 Å². The van der Waals surface area contributed by atoms with E-state index in [4.69, 9.17) is 9.47 Å². The maximum absolute atomic E-state index is 12.0. The fourth-order valence-corrected chi connectivity index (χ4v) is 3.49. The van der Waals surface area contributed by atoms with E-state index in [1.165, 1.54) is 11.8 Å². The highest BCUT2D eigenvalue weighted by molar-refractivity contribution is 8.00. The second-order valence-electron chi connectivity index (χ2n) is 4.75. The van der Waals surface area contributed by atoms with Crippen molar-refractivity contribution in [3.05, 3.63) is 23.8 Å². The van der Waals surface area contributed by atoms with Crippen molar-refractivity contribution < 1.29 is 19.1 Å². The molecular formula is C15H20N2O4S. The summed E-state index contributed by atoms with van der Waals surface area (Å²) < 4.78 is 10.5. The van der Waals surface area contributed by atoms with Gasteiger partial charge in [0.1, 0.15) is 11.9 Å². The van der Waals surface area contributed by atoms with Crippen molar-refractivity contribution in [3.8, 4) is 11.5 Å². The minimum atomic E-state index is -0.185. The van der Waals surface area contributed by atoms with Gasteiger partial charge in [-0.25, -0.2) is 0 Å². The van der Waals surface area contributed by atoms with Crippen molar-refractivity contribution >= 4 is 23.6 Å². The molecule has 2 amide bonds. The third-order valence-electron chi connectivity index (χ3n) is 3.35. The largest absolute Gasteiger partial charge is 0.493 e. The third kappa shape index (κ3) is 3.47. The minimum Gasteiger partial charge on any atom is -0.493 e. The summed E-state index contributed by atoms with van der Waals surface area (Å²) in [6, 6.07) is 5.55. The van der Waals surface area contributed by atoms with Crippen LogP contribution in [0.5, 0.6) is 11.5 Å². The number of rotatable bonds is 6. The first kappa shape index (κ1) is 16.5. The molecule has 1 fully saturated rings. The molecule has 0 bridgehead atoms. The molecule has 1 aliphatic heterocycles. The van der Waals surface area contributed by atoms with Gasteiger partial charge in [-0.05, 0) is 24.6 Å². The Hall–Kier alpha value is -1.89. The Bertz CT molecular complexity index is 564. The normalized spacial score (nSPS) is 17.5. The van der Waals surface area contributed by atoms with Gasteiger partial charge >= 0.3 is 0 Å². The zero-order valence-electron chi connectivity index (χ0n) is 12.9. The third-order valence-corrected chi connectivity index (χ3v) is 4.60. The van der Waals surface area contributed by atoms with Crippen LogP contribution in [-0.2, 0) is 9.59 Å². The van der Waals surface area contributed by atoms with Gasteiger partial charge in [-0.3, -0.25) is 9.59 Å². The number of thioether (sulfide) groups is 1. The van der Waals surface area contributed by atoms with E-state index < -0.39 is 0 Å². The van der Waals surface area contributed by atoms with Gasteiger partial charge in [0.05, 0.1) is 20.0 Å². The number of hydrogen-bond acceptors (Lipinski definition) is 5. The molecule has 1 aromatic rings. The zero-order chi connectivity index (χ0) is 16.1. The number of carbonyl (C=O) groups excluding carboxylic acids is 2. The summed E-state index contributed by atoms with van der Waals surface area (Å²) in [5.41, 5.74) is 0.915. The van der Waals surface area contributed by atoms with Crippen molar-refractivity contribution in [2.45, 2.75) is 12.3 Å². The number of ether oxygens (including phenoxy) is 2. The Morgan fingerprint density at radius 2 is 2.09 bits per heavy atom. The number of amides is 2. The van der Waals surface area contributed by atoms with E-state index in [2.05, 4.69) is 5.32 Å². The van der Waals surface area contributed by atoms with Crippen LogP contribution in [0.25, 0.3) is 0 Å². The summed E-state index contributed by atoms with van der Waals surface area (Å²) in [5.74, 6) is 1.44. The minimum absolute atomic E-state index is 0.0314. The Balaban J connectivity index is 2.22. The molecule has 0 radical (unpaired) electrons. The molecule has 0 aromatic heterocycles. The van der Waals surface area contributed by atoms with E-state index in [-0.39, 0.29) is 23.7 Å². The molecule has 1 saturated heterocycles. The second kappa shape index (κ2) is 7.40. The lowest BCUT2D eigenvalue weighted by molar-refractivity contribution is -0.133. The molecule has 0 spiro atoms. The summed E-state index contributed by atoms with van der Waals surface area (Å²) in [5, 5.41) is 2.53. The highest BCUT2D eigenvalue weighted by atomic mass is 32.2. The molecule has 7 heteroatoms. The van der Waals surface area contributed by atoms with Crippen molar-refractivity contribution in [2.24, 2.45) is 0 Å². The van der Waals surface area contributed by atoms with E-state index in [1.807, 2.05) is 25.1 Å². The van der Waals surface area contributed by atoms with Crippen LogP contribution in [0.4, 0.5) is 0 Å². The highest BCUT2D eigenvalue weighted by Crippen LogP contribution is 2.41. The Morgan fingerprint density at radius 3 is 2.73 bits per heavy atom. The van der Waals surface area contributed by atoms with Crippen LogP contribution in [0.15, 0.2) is 18.2 Å². The SMILES string of the molecule is CCNC(=O)CN1C(=O)CS[C@@H]1c1ccc(OC)c(OC)c1. The van der Waals surface area contributed by atoms with Crippen LogP contribution in [-0.4, -0.2) is 49.8 Å². The molecule has 120 valence electrons. The van der Waals surface area contributed by atoms with Crippen LogP contribution in [0, 0.1) is 0 Å². The number of nitrogens with zero attached hydrogens (tertiary/aromatic N) is 1. The first-order valence-electron chi connectivity index (χ1n) is 7.00. The van der Waals surface area contributed by atoms with Gasteiger partial charge < -0.3 is 19.7 Å². The molecular weight excluding hydrogens is 304 g/mol. The lowest BCUT2D eigenvalue weighted by Crippen LogP contribution is -2.39. The monoisotopic (exact) mass is 324 g/mol. The molecule has 1 atom stereocenters. The van der Waals surface area contributed by atoms with Gasteiger partial charge in [0.2, 0.25) is 11.8 Å². The predicted molar refractivity (Wildman–Crippen MR) is 85.1 cm³/mol. The highest BCUT2D eigenvalue weighted by Gasteiger charge is 2.34. The molecule has 6 nitrogen and oxygen atoms in total. The van der Waals surface area contributed by atoms with E-state index in [1.54, 1.807) is 19.1 Å². The summed E-state index contributed by atoms with van der Waals surface area (Å²) in [6.07, 6.45) is 0. The fourth-order valence-electron chi connectivity index (χ4n) is 2.32. The molecule has 22 heavy (non-hydrogen) atoms. The molecule has 0 aliphatic carbocycles. The first-order chi connectivity index (χ1) is 10.6. The summed E-state index contributed by atoms with van der Waals surface area (Å²) in [7, 11) is 3.15.